The number of halogens is 1. The predicted octanol–water partition coefficient (Wildman–Crippen LogP) is 0.0232. The van der Waals surface area contributed by atoms with E-state index in [1.807, 2.05) is 13.1 Å². The Balaban J connectivity index is 0.00000200. The number of nitrogens with one attached hydrogen (secondary N) is 1. The van der Waals surface area contributed by atoms with Gasteiger partial charge < -0.3 is 28.9 Å². The van der Waals surface area contributed by atoms with Gasteiger partial charge in [-0.05, 0) is 26.0 Å². The van der Waals surface area contributed by atoms with Crippen molar-refractivity contribution in [1.29, 1.82) is 0 Å². The van der Waals surface area contributed by atoms with Crippen LogP contribution in [0.1, 0.15) is 12.6 Å². The third-order valence-electron chi connectivity index (χ3n) is 3.48. The number of benzene rings is 1. The fourth-order valence-corrected chi connectivity index (χ4v) is 2.30. The molecule has 2 aromatic rings. The van der Waals surface area contributed by atoms with E-state index >= 15 is 0 Å². The first kappa shape index (κ1) is 16.8. The van der Waals surface area contributed by atoms with Crippen molar-refractivity contribution in [2.45, 2.75) is 13.8 Å². The number of pyridine rings is 1. The highest BCUT2D eigenvalue weighted by atomic mass is 127. The molecule has 1 aromatic carbocycles. The lowest BCUT2D eigenvalue weighted by atomic mass is 10.2. The Morgan fingerprint density at radius 3 is 2.30 bits per heavy atom. The van der Waals surface area contributed by atoms with Crippen LogP contribution < -0.4 is 38.8 Å². The quantitative estimate of drug-likeness (QED) is 0.594. The molecule has 0 bridgehead atoms. The van der Waals surface area contributed by atoms with Gasteiger partial charge in [0.2, 0.25) is 0 Å². The Morgan fingerprint density at radius 1 is 1.10 bits per heavy atom. The molecule has 1 heterocycles. The Hall–Kier alpha value is -1.30. The van der Waals surface area contributed by atoms with Gasteiger partial charge in [-0.15, -0.1) is 0 Å². The van der Waals surface area contributed by atoms with Crippen LogP contribution in [0, 0.1) is 6.92 Å². The normalized spacial score (nSPS) is 9.80. The number of aromatic nitrogens is 1. The Bertz CT molecular complexity index is 555. The van der Waals surface area contributed by atoms with E-state index in [-0.39, 0.29) is 24.0 Å². The molecule has 4 heteroatoms. The molecule has 0 atom stereocenters. The molecular formula is C16H22IN3. The van der Waals surface area contributed by atoms with Crippen LogP contribution in [0.25, 0.3) is 0 Å². The van der Waals surface area contributed by atoms with Crippen molar-refractivity contribution in [3.8, 4) is 0 Å². The monoisotopic (exact) mass is 383 g/mol. The van der Waals surface area contributed by atoms with Gasteiger partial charge in [-0.2, -0.15) is 0 Å². The van der Waals surface area contributed by atoms with E-state index in [0.717, 1.165) is 12.4 Å². The van der Waals surface area contributed by atoms with Crippen molar-refractivity contribution in [2.24, 2.45) is 7.05 Å². The van der Waals surface area contributed by atoms with Gasteiger partial charge in [0.25, 0.3) is 5.82 Å². The SMILES string of the molecule is CCN(c1ccccc1)c1cc(C)[n+](C)c(NC)c1.[I-]. The second-order valence-electron chi connectivity index (χ2n) is 4.63. The minimum Gasteiger partial charge on any atom is -1.00 e. The molecule has 0 aliphatic rings. The number of anilines is 3. The molecule has 0 aliphatic carbocycles. The first-order valence-electron chi connectivity index (χ1n) is 6.68. The summed E-state index contributed by atoms with van der Waals surface area (Å²) in [6.45, 7) is 5.25. The molecule has 0 spiro atoms. The summed E-state index contributed by atoms with van der Waals surface area (Å²) in [4.78, 5) is 2.31. The van der Waals surface area contributed by atoms with Crippen LogP contribution in [0.15, 0.2) is 42.5 Å². The Labute approximate surface area is 138 Å². The van der Waals surface area contributed by atoms with E-state index in [1.165, 1.54) is 17.1 Å². The van der Waals surface area contributed by atoms with Crippen LogP contribution >= 0.6 is 0 Å². The van der Waals surface area contributed by atoms with Crippen LogP contribution in [-0.2, 0) is 7.05 Å². The average molecular weight is 383 g/mol. The van der Waals surface area contributed by atoms with Gasteiger partial charge in [0, 0.05) is 18.3 Å². The smallest absolute Gasteiger partial charge is 0.276 e. The van der Waals surface area contributed by atoms with Crippen LogP contribution in [0.3, 0.4) is 0 Å². The molecule has 3 nitrogen and oxygen atoms in total. The highest BCUT2D eigenvalue weighted by molar-refractivity contribution is 5.65. The van der Waals surface area contributed by atoms with Crippen LogP contribution in [0.4, 0.5) is 17.2 Å². The molecule has 0 aliphatic heterocycles. The third-order valence-corrected chi connectivity index (χ3v) is 3.48. The Kier molecular flexibility index (Phi) is 6.26. The first-order chi connectivity index (χ1) is 9.17. The average Bonchev–Trinajstić information content (AvgIpc) is 2.44. The van der Waals surface area contributed by atoms with Gasteiger partial charge >= 0.3 is 0 Å². The van der Waals surface area contributed by atoms with E-state index in [9.17, 15) is 0 Å². The summed E-state index contributed by atoms with van der Waals surface area (Å²) in [6.07, 6.45) is 0. The number of aryl methyl sites for hydroxylation is 1. The summed E-state index contributed by atoms with van der Waals surface area (Å²) < 4.78 is 2.16. The summed E-state index contributed by atoms with van der Waals surface area (Å²) >= 11 is 0. The van der Waals surface area contributed by atoms with E-state index in [2.05, 4.69) is 72.1 Å². The van der Waals surface area contributed by atoms with E-state index in [4.69, 9.17) is 0 Å². The molecular weight excluding hydrogens is 361 g/mol. The second kappa shape index (κ2) is 7.47. The molecule has 0 saturated heterocycles. The molecule has 0 amide bonds. The second-order valence-corrected chi connectivity index (χ2v) is 4.63. The van der Waals surface area contributed by atoms with Gasteiger partial charge in [0.1, 0.15) is 5.69 Å². The molecule has 0 unspecified atom stereocenters. The van der Waals surface area contributed by atoms with Crippen molar-refractivity contribution >= 4 is 17.2 Å². The minimum atomic E-state index is 0. The van der Waals surface area contributed by atoms with E-state index < -0.39 is 0 Å². The molecule has 0 radical (unpaired) electrons. The zero-order valence-corrected chi connectivity index (χ0v) is 14.7. The highest BCUT2D eigenvalue weighted by Crippen LogP contribution is 2.26. The number of rotatable bonds is 4. The molecule has 20 heavy (non-hydrogen) atoms. The standard InChI is InChI=1S/C16H21N3.HI/c1-5-19(14-9-7-6-8-10-14)15-11-13(2)18(4)16(12-15)17-3;/h6-12H,5H2,1-4H3;1H. The molecule has 108 valence electrons. The lowest BCUT2D eigenvalue weighted by molar-refractivity contribution is -0.663. The summed E-state index contributed by atoms with van der Waals surface area (Å²) in [5, 5.41) is 3.24. The fraction of sp³-hybridized carbons (Fsp3) is 0.312. The molecule has 0 fully saturated rings. The molecule has 1 aromatic heterocycles. The van der Waals surface area contributed by atoms with Gasteiger partial charge in [0.05, 0.1) is 25.8 Å². The minimum absolute atomic E-state index is 0. The molecule has 0 saturated carbocycles. The highest BCUT2D eigenvalue weighted by Gasteiger charge is 2.13. The van der Waals surface area contributed by atoms with Crippen LogP contribution in [0.2, 0.25) is 0 Å². The largest absolute Gasteiger partial charge is 1.00 e. The maximum absolute atomic E-state index is 3.24. The lowest BCUT2D eigenvalue weighted by Crippen LogP contribution is -3.00. The third kappa shape index (κ3) is 3.42. The maximum atomic E-state index is 3.24. The number of para-hydroxylation sites is 1. The number of hydrogen-bond acceptors (Lipinski definition) is 2. The van der Waals surface area contributed by atoms with E-state index in [0.29, 0.717) is 0 Å². The first-order valence-corrected chi connectivity index (χ1v) is 6.68. The van der Waals surface area contributed by atoms with Crippen LogP contribution in [-0.4, -0.2) is 13.6 Å². The van der Waals surface area contributed by atoms with Crippen molar-refractivity contribution in [1.82, 2.24) is 0 Å². The summed E-state index contributed by atoms with van der Waals surface area (Å²) in [5.74, 6) is 1.12. The van der Waals surface area contributed by atoms with Crippen molar-refractivity contribution < 1.29 is 28.5 Å². The summed E-state index contributed by atoms with van der Waals surface area (Å²) in [5.41, 5.74) is 3.67. The Morgan fingerprint density at radius 2 is 1.75 bits per heavy atom. The van der Waals surface area contributed by atoms with Crippen molar-refractivity contribution in [3.63, 3.8) is 0 Å². The molecule has 2 rings (SSSR count). The van der Waals surface area contributed by atoms with Gasteiger partial charge in [-0.1, -0.05) is 18.2 Å². The van der Waals surface area contributed by atoms with Crippen molar-refractivity contribution in [2.75, 3.05) is 23.8 Å². The van der Waals surface area contributed by atoms with Crippen LogP contribution in [0.5, 0.6) is 0 Å². The molecule has 1 N–H and O–H groups in total. The summed E-state index contributed by atoms with van der Waals surface area (Å²) in [7, 11) is 4.03. The van der Waals surface area contributed by atoms with E-state index in [1.54, 1.807) is 0 Å². The number of nitrogens with zero attached hydrogens (tertiary/aromatic N) is 2. The zero-order valence-electron chi connectivity index (χ0n) is 12.5. The maximum Gasteiger partial charge on any atom is 0.276 e. The van der Waals surface area contributed by atoms with Gasteiger partial charge in [0.15, 0.2) is 0 Å². The van der Waals surface area contributed by atoms with Gasteiger partial charge in [-0.3, -0.25) is 5.32 Å². The summed E-state index contributed by atoms with van der Waals surface area (Å²) in [6, 6.07) is 14.9. The topological polar surface area (TPSA) is 19.1 Å². The number of hydrogen-bond donors (Lipinski definition) is 1. The fourth-order valence-electron chi connectivity index (χ4n) is 2.30. The zero-order chi connectivity index (χ0) is 13.8. The van der Waals surface area contributed by atoms with Gasteiger partial charge in [-0.25, -0.2) is 4.57 Å². The van der Waals surface area contributed by atoms with Crippen molar-refractivity contribution in [3.05, 3.63) is 48.2 Å². The predicted molar refractivity (Wildman–Crippen MR) is 81.0 cm³/mol. The lowest BCUT2D eigenvalue weighted by Gasteiger charge is -2.24.